The van der Waals surface area contributed by atoms with Gasteiger partial charge in [0.05, 0.1) is 51.3 Å². The molecule has 4 aromatic heterocycles. The second-order valence-corrected chi connectivity index (χ2v) is 24.9. The average molecular weight is 1000 g/mol. The molecular formula is C54H64N8O5S3. The zero-order valence-corrected chi connectivity index (χ0v) is 43.5. The van der Waals surface area contributed by atoms with Crippen LogP contribution in [0.25, 0.3) is 44.7 Å². The Balaban J connectivity index is 0.843. The number of hydrogen-bond donors (Lipinski definition) is 4. The Morgan fingerprint density at radius 3 is 2.44 bits per heavy atom. The summed E-state index contributed by atoms with van der Waals surface area (Å²) in [5.74, 6) is 5.33. The molecule has 0 radical (unpaired) electrons. The number of aromatic nitrogens is 5. The number of aliphatic hydroxyl groups is 1. The maximum Gasteiger partial charge on any atom is 0.230 e. The number of thiophene rings is 1. The van der Waals surface area contributed by atoms with E-state index in [4.69, 9.17) is 19.4 Å². The predicted molar refractivity (Wildman–Crippen MR) is 277 cm³/mol. The molecule has 5 fully saturated rings. The minimum Gasteiger partial charge on any atom is -0.460 e. The van der Waals surface area contributed by atoms with Gasteiger partial charge in [0.15, 0.2) is 0 Å². The van der Waals surface area contributed by atoms with Crippen molar-refractivity contribution >= 4 is 58.6 Å². The first-order chi connectivity index (χ1) is 33.7. The van der Waals surface area contributed by atoms with Crippen molar-refractivity contribution in [2.75, 3.05) is 7.11 Å². The number of thioether (sulfide) groups is 1. The summed E-state index contributed by atoms with van der Waals surface area (Å²) in [5, 5.41) is 11.3. The number of hydrogen-bond acceptors (Lipinski definition) is 11. The summed E-state index contributed by atoms with van der Waals surface area (Å²) in [7, 11) is 1.41. The van der Waals surface area contributed by atoms with Crippen LogP contribution in [-0.2, 0) is 14.3 Å². The van der Waals surface area contributed by atoms with Crippen molar-refractivity contribution in [3.05, 3.63) is 83.5 Å². The molecule has 6 aromatic rings. The van der Waals surface area contributed by atoms with Crippen LogP contribution >= 0.6 is 35.9 Å². The molecule has 11 atom stereocenters. The quantitative estimate of drug-likeness (QED) is 0.0584. The van der Waals surface area contributed by atoms with Gasteiger partial charge in [0.1, 0.15) is 17.4 Å². The Morgan fingerprint density at radius 2 is 1.71 bits per heavy atom. The zero-order valence-electron chi connectivity index (χ0n) is 41.0. The van der Waals surface area contributed by atoms with E-state index in [2.05, 4.69) is 121 Å². The molecule has 6 aliphatic rings. The number of aliphatic hydroxyl groups excluding tert-OH is 1. The number of likely N-dealkylation sites (tertiary alicyclic amines) is 2. The monoisotopic (exact) mass is 1000 g/mol. The van der Waals surface area contributed by atoms with Crippen LogP contribution < -0.4 is 4.74 Å². The van der Waals surface area contributed by atoms with E-state index in [9.17, 15) is 14.7 Å². The molecule has 16 heteroatoms. The second kappa shape index (κ2) is 17.6. The van der Waals surface area contributed by atoms with Gasteiger partial charge in [-0.2, -0.15) is 4.31 Å². The zero-order chi connectivity index (χ0) is 48.5. The number of imidazole rings is 2. The minimum atomic E-state index is -1.21. The molecule has 0 spiro atoms. The maximum absolute atomic E-state index is 14.1. The van der Waals surface area contributed by atoms with Crippen molar-refractivity contribution in [2.24, 2.45) is 29.6 Å². The number of carbonyl (C=O) groups excluding carboxylic acids is 2. The fraction of sp³-hybridized carbons (Fsp3) is 0.519. The van der Waals surface area contributed by atoms with Gasteiger partial charge in [-0.05, 0) is 143 Å². The van der Waals surface area contributed by atoms with Gasteiger partial charge in [0, 0.05) is 64.0 Å². The van der Waals surface area contributed by atoms with Crippen molar-refractivity contribution in [3.63, 3.8) is 0 Å². The third-order valence-corrected chi connectivity index (χ3v) is 19.5. The van der Waals surface area contributed by atoms with Crippen LogP contribution in [0, 0.1) is 29.6 Å². The van der Waals surface area contributed by atoms with Gasteiger partial charge >= 0.3 is 0 Å². The number of amides is 2. The summed E-state index contributed by atoms with van der Waals surface area (Å²) >= 11 is 8.05. The molecular weight excluding hydrogens is 937 g/mol. The Hall–Kier alpha value is -4.58. The lowest BCUT2D eigenvalue weighted by atomic mass is 9.91. The molecule has 2 aromatic carbocycles. The number of thiol groups is 1. The fourth-order valence-corrected chi connectivity index (χ4v) is 15.0. The molecule has 2 saturated heterocycles. The molecule has 3 N–H and O–H groups in total. The standard InChI is InChI=1S/C54H64N8O5S3/c1-27(2)16-29(4)51(64)61-44(22-35-24-54(35,61)6)50-56-25-38(58-50)32-11-13-40-34(19-32)20-41-36-12-10-33(21-45(36)67-53(60(40)41)70-48-15-14-46(69-48)31-8-9-31)39-26-55-49(57-39)43-17-28(3)37-23-42(37)59(43)47(63)18-30(5)62(68)52(65)66-7/h10-15,19-21,25-31,35,37,42-44,52-53,65,68H,8-9,16-18,22-24H2,1-7H3,(H,55,57)(H,56,58). The number of carbonyl (C=O) groups is 2. The fourth-order valence-electron chi connectivity index (χ4n) is 12.3. The highest BCUT2D eigenvalue weighted by Crippen LogP contribution is 2.62. The molecule has 13 nitrogen and oxygen atoms in total. The smallest absolute Gasteiger partial charge is 0.230 e. The van der Waals surface area contributed by atoms with E-state index in [-0.39, 0.29) is 59.4 Å². The molecule has 7 heterocycles. The molecule has 12 rings (SSSR count). The maximum atomic E-state index is 14.1. The molecule has 368 valence electrons. The lowest BCUT2D eigenvalue weighted by molar-refractivity contribution is -0.154. The van der Waals surface area contributed by atoms with Gasteiger partial charge in [0.2, 0.25) is 23.8 Å². The van der Waals surface area contributed by atoms with Crippen LogP contribution in [0.4, 0.5) is 0 Å². The van der Waals surface area contributed by atoms with Gasteiger partial charge < -0.3 is 34.3 Å². The third-order valence-electron chi connectivity index (χ3n) is 16.5. The largest absolute Gasteiger partial charge is 0.460 e. The van der Waals surface area contributed by atoms with E-state index >= 15 is 0 Å². The number of piperidine rings is 2. The summed E-state index contributed by atoms with van der Waals surface area (Å²) in [6.45, 7) is 12.9. The predicted octanol–water partition coefficient (Wildman–Crippen LogP) is 11.5. The molecule has 70 heavy (non-hydrogen) atoms. The Bertz CT molecular complexity index is 2990. The first-order valence-electron chi connectivity index (χ1n) is 25.3. The molecule has 2 amide bonds. The highest BCUT2D eigenvalue weighted by molar-refractivity contribution is 8.01. The first kappa shape index (κ1) is 46.5. The van der Waals surface area contributed by atoms with E-state index in [1.807, 2.05) is 35.6 Å². The molecule has 3 aliphatic heterocycles. The van der Waals surface area contributed by atoms with E-state index in [0.29, 0.717) is 29.6 Å². The highest BCUT2D eigenvalue weighted by Gasteiger charge is 2.64. The van der Waals surface area contributed by atoms with Crippen LogP contribution in [0.15, 0.2) is 71.2 Å². The van der Waals surface area contributed by atoms with Crippen LogP contribution in [0.3, 0.4) is 0 Å². The number of benzene rings is 2. The first-order valence-corrected chi connectivity index (χ1v) is 27.4. The second-order valence-electron chi connectivity index (χ2n) is 22.0. The molecule has 3 saturated carbocycles. The molecule has 11 unspecified atom stereocenters. The Labute approximate surface area is 423 Å². The summed E-state index contributed by atoms with van der Waals surface area (Å²) in [5.41, 5.74) is 6.58. The van der Waals surface area contributed by atoms with Gasteiger partial charge in [-0.15, -0.1) is 11.3 Å². The van der Waals surface area contributed by atoms with Crippen LogP contribution in [0.5, 0.6) is 5.75 Å². The number of rotatable bonds is 15. The van der Waals surface area contributed by atoms with Crippen molar-refractivity contribution in [1.82, 2.24) is 38.6 Å². The van der Waals surface area contributed by atoms with E-state index in [1.165, 1.54) is 33.3 Å². The van der Waals surface area contributed by atoms with Crippen molar-refractivity contribution in [2.45, 2.75) is 145 Å². The summed E-state index contributed by atoms with van der Waals surface area (Å²) in [4.78, 5) is 51.0. The summed E-state index contributed by atoms with van der Waals surface area (Å²) in [6.07, 6.45) is 10.1. The normalized spacial score (nSPS) is 27.8. The Morgan fingerprint density at radius 1 is 0.986 bits per heavy atom. The van der Waals surface area contributed by atoms with E-state index < -0.39 is 6.41 Å². The Kier molecular flexibility index (Phi) is 11.7. The van der Waals surface area contributed by atoms with Gasteiger partial charge in [-0.25, -0.2) is 9.97 Å². The SMILES string of the molecule is COC(O)N(S)C(C)CC(=O)N1C(c2ncc(-c3ccc4c(c3)OC(Sc3ccc(C5CC5)s3)n3c-4cc4cc(-c5cnc(C6CC7CC7(C)N6C(=O)C(C)CC(C)C)[nH]5)ccc43)[nH]2)CC(C)C2CC21. The molecule has 3 aliphatic carbocycles. The van der Waals surface area contributed by atoms with Crippen molar-refractivity contribution in [1.29, 1.82) is 0 Å². The highest BCUT2D eigenvalue weighted by atomic mass is 32.2. The van der Waals surface area contributed by atoms with Crippen molar-refractivity contribution in [3.8, 4) is 39.5 Å². The number of aromatic amines is 2. The number of methoxy groups -OCH3 is 1. The number of ether oxygens (including phenoxy) is 2. The average Bonchev–Trinajstić information content (AvgIpc) is 4.21. The minimum absolute atomic E-state index is 0.0205. The van der Waals surface area contributed by atoms with Gasteiger partial charge in [-0.1, -0.05) is 52.6 Å². The van der Waals surface area contributed by atoms with Gasteiger partial charge in [0.25, 0.3) is 0 Å². The van der Waals surface area contributed by atoms with Crippen molar-refractivity contribution < 1.29 is 24.2 Å². The van der Waals surface area contributed by atoms with E-state index in [1.54, 1.807) is 11.8 Å². The van der Waals surface area contributed by atoms with Crippen LogP contribution in [0.1, 0.15) is 133 Å². The van der Waals surface area contributed by atoms with Crippen LogP contribution in [-0.4, -0.2) is 86.7 Å². The third kappa shape index (κ3) is 8.12. The summed E-state index contributed by atoms with van der Waals surface area (Å²) < 4.78 is 17.1. The summed E-state index contributed by atoms with van der Waals surface area (Å²) in [6, 6.07) is 19.5. The number of nitrogens with zero attached hydrogens (tertiary/aromatic N) is 6. The topological polar surface area (TPSA) is 145 Å². The van der Waals surface area contributed by atoms with Crippen LogP contribution in [0.2, 0.25) is 0 Å². The number of H-pyrrole nitrogens is 2. The lowest BCUT2D eigenvalue weighted by Crippen LogP contribution is -2.45. The van der Waals surface area contributed by atoms with Gasteiger partial charge in [-0.3, -0.25) is 14.2 Å². The lowest BCUT2D eigenvalue weighted by Gasteiger charge is -2.38. The number of nitrogens with one attached hydrogen (secondary N) is 2. The van der Waals surface area contributed by atoms with E-state index in [0.717, 1.165) is 94.2 Å². The molecule has 0 bridgehead atoms. The number of fused-ring (bicyclic) bond motifs is 7.